The third-order valence-corrected chi connectivity index (χ3v) is 5.71. The smallest absolute Gasteiger partial charge is 0.147 e. The summed E-state index contributed by atoms with van der Waals surface area (Å²) in [6.07, 6.45) is 3.60. The Bertz CT molecular complexity index is 1070. The third-order valence-electron chi connectivity index (χ3n) is 3.96. The summed E-state index contributed by atoms with van der Waals surface area (Å²) in [7, 11) is 0. The topological polar surface area (TPSA) is 49.8 Å². The first kappa shape index (κ1) is 36.8. The van der Waals surface area contributed by atoms with E-state index in [9.17, 15) is 4.39 Å². The van der Waals surface area contributed by atoms with Crippen molar-refractivity contribution in [1.82, 2.24) is 9.97 Å². The Morgan fingerprint density at radius 3 is 2.24 bits per heavy atom. The van der Waals surface area contributed by atoms with Crippen LogP contribution in [0, 0.1) is 5.82 Å². The Balaban J connectivity index is 0. The van der Waals surface area contributed by atoms with Crippen LogP contribution in [0.25, 0.3) is 10.8 Å². The third kappa shape index (κ3) is 12.6. The molecule has 2 aromatic heterocycles. The number of aromatic nitrogens is 2. The van der Waals surface area contributed by atoms with Gasteiger partial charge in [-0.05, 0) is 41.1 Å². The largest absolute Gasteiger partial charge is 0.380 e. The second-order valence-electron chi connectivity index (χ2n) is 5.71. The lowest BCUT2D eigenvalue weighted by Crippen LogP contribution is -2.02. The predicted octanol–water partition coefficient (Wildman–Crippen LogP) is 11.3. The highest BCUT2D eigenvalue weighted by Crippen LogP contribution is 2.32. The van der Waals surface area contributed by atoms with Crippen molar-refractivity contribution in [2.24, 2.45) is 0 Å². The lowest BCUT2D eigenvalue weighted by Gasteiger charge is -2.12. The van der Waals surface area contributed by atoms with Crippen LogP contribution in [0.15, 0.2) is 64.6 Å². The van der Waals surface area contributed by atoms with Crippen LogP contribution < -0.4 is 10.0 Å². The average molecular weight is 567 g/mol. The minimum absolute atomic E-state index is 0.353. The molecule has 0 radical (unpaired) electrons. The number of rotatable bonds is 6. The highest BCUT2D eigenvalue weighted by molar-refractivity contribution is 8.00. The molecule has 4 rings (SSSR count). The van der Waals surface area contributed by atoms with Gasteiger partial charge in [-0.2, -0.15) is 0 Å². The number of anilines is 2. The molecule has 0 aliphatic heterocycles. The monoisotopic (exact) mass is 566 g/mol. The first-order valence-corrected chi connectivity index (χ1v) is 15.2. The average Bonchev–Trinajstić information content (AvgIpc) is 3.52. The zero-order valence-corrected chi connectivity index (χ0v) is 26.3. The minimum atomic E-state index is -0.353. The van der Waals surface area contributed by atoms with E-state index in [2.05, 4.69) is 20.0 Å². The van der Waals surface area contributed by atoms with Gasteiger partial charge in [-0.25, -0.2) is 9.37 Å². The van der Waals surface area contributed by atoms with E-state index in [0.29, 0.717) is 28.0 Å². The van der Waals surface area contributed by atoms with E-state index in [1.807, 2.05) is 105 Å². The minimum Gasteiger partial charge on any atom is -0.380 e. The van der Waals surface area contributed by atoms with Crippen molar-refractivity contribution in [2.75, 3.05) is 10.0 Å². The summed E-state index contributed by atoms with van der Waals surface area (Å²) in [5, 5.41) is 7.70. The number of halogens is 2. The van der Waals surface area contributed by atoms with E-state index in [4.69, 9.17) is 11.6 Å². The van der Waals surface area contributed by atoms with Crippen molar-refractivity contribution in [3.63, 3.8) is 0 Å². The molecule has 4 aromatic rings. The van der Waals surface area contributed by atoms with Gasteiger partial charge in [-0.15, -0.1) is 11.3 Å². The molecule has 0 unspecified atom stereocenters. The van der Waals surface area contributed by atoms with E-state index in [-0.39, 0.29) is 5.82 Å². The van der Waals surface area contributed by atoms with E-state index in [1.54, 1.807) is 17.8 Å². The van der Waals surface area contributed by atoms with Gasteiger partial charge in [0.1, 0.15) is 11.6 Å². The summed E-state index contributed by atoms with van der Waals surface area (Å²) < 4.78 is 17.4. The summed E-state index contributed by atoms with van der Waals surface area (Å²) in [6.45, 7) is 20.5. The summed E-state index contributed by atoms with van der Waals surface area (Å²) in [4.78, 5) is 8.70. The molecule has 0 saturated heterocycles. The van der Waals surface area contributed by atoms with E-state index in [0.717, 1.165) is 28.3 Å². The second-order valence-corrected chi connectivity index (χ2v) is 7.68. The molecule has 0 aliphatic carbocycles. The maximum absolute atomic E-state index is 14.5. The number of nitrogens with zero attached hydrogens (tertiary/aromatic N) is 2. The fourth-order valence-corrected chi connectivity index (χ4v) is 4.15. The second kappa shape index (κ2) is 24.0. The van der Waals surface area contributed by atoms with E-state index >= 15 is 0 Å². The van der Waals surface area contributed by atoms with Crippen molar-refractivity contribution in [3.05, 3.63) is 76.1 Å². The van der Waals surface area contributed by atoms with Gasteiger partial charge >= 0.3 is 0 Å². The number of nitrogens with one attached hydrogen (secondary N) is 2. The Labute approximate surface area is 237 Å². The van der Waals surface area contributed by atoms with Crippen LogP contribution in [0.5, 0.6) is 0 Å². The molecule has 0 fully saturated rings. The van der Waals surface area contributed by atoms with Crippen molar-refractivity contribution < 1.29 is 4.39 Å². The Hall–Kier alpha value is -2.35. The highest BCUT2D eigenvalue weighted by Gasteiger charge is 2.11. The molecule has 37 heavy (non-hydrogen) atoms. The van der Waals surface area contributed by atoms with Gasteiger partial charge < -0.3 is 10.0 Å². The van der Waals surface area contributed by atoms with Crippen LogP contribution in [0.2, 0.25) is 5.02 Å². The quantitative estimate of drug-likeness (QED) is 0.227. The number of benzene rings is 2. The molecule has 2 N–H and O–H groups in total. The van der Waals surface area contributed by atoms with Gasteiger partial charge in [0.15, 0.2) is 0 Å². The molecule has 0 amide bonds. The van der Waals surface area contributed by atoms with E-state index < -0.39 is 0 Å². The van der Waals surface area contributed by atoms with Crippen molar-refractivity contribution >= 4 is 57.2 Å². The Morgan fingerprint density at radius 1 is 0.946 bits per heavy atom. The Kier molecular flexibility index (Phi) is 23.9. The number of pyridine rings is 1. The van der Waals surface area contributed by atoms with Gasteiger partial charge in [0, 0.05) is 29.7 Å². The number of thiazole rings is 1. The summed E-state index contributed by atoms with van der Waals surface area (Å²) >= 11 is 8.96. The van der Waals surface area contributed by atoms with Crippen LogP contribution in [0.3, 0.4) is 0 Å². The molecule has 4 nitrogen and oxygen atoms in total. The van der Waals surface area contributed by atoms with Crippen molar-refractivity contribution in [3.8, 4) is 0 Å². The zero-order chi connectivity index (χ0) is 28.6. The molecule has 0 spiro atoms. The number of hydrogen-bond donors (Lipinski definition) is 2. The van der Waals surface area contributed by atoms with Crippen LogP contribution in [-0.2, 0) is 6.54 Å². The van der Waals surface area contributed by atoms with Gasteiger partial charge in [-0.1, -0.05) is 99.0 Å². The Morgan fingerprint density at radius 2 is 1.62 bits per heavy atom. The molecule has 0 saturated carbocycles. The van der Waals surface area contributed by atoms with Gasteiger partial charge in [-0.3, -0.25) is 4.98 Å². The van der Waals surface area contributed by atoms with Crippen LogP contribution >= 0.6 is 34.9 Å². The first-order valence-electron chi connectivity index (χ1n) is 13.1. The lowest BCUT2D eigenvalue weighted by atomic mass is 10.1. The van der Waals surface area contributed by atoms with E-state index in [1.165, 1.54) is 17.4 Å². The summed E-state index contributed by atoms with van der Waals surface area (Å²) in [5.74, 6) is 0.335. The standard InChI is InChI=1S/C19H14ClFN4S2.5C2H6/c20-15-6-18(27-25-19-10-26-11-24-19)16(21)7-17(15)23-8-13-3-1-2-12-4-5-22-9-14(12)13;5*1-2/h1-7,9-11,23,25H,8H2;5*1-2H3. The SMILES string of the molecule is CC.CC.CC.CC.CC.Fc1cc(NCc2cccc3ccncc23)c(Cl)cc1SNc1cscn1. The molecular weight excluding hydrogens is 523 g/mol. The summed E-state index contributed by atoms with van der Waals surface area (Å²) in [6, 6.07) is 11.0. The summed E-state index contributed by atoms with van der Waals surface area (Å²) in [5.41, 5.74) is 3.33. The lowest BCUT2D eigenvalue weighted by molar-refractivity contribution is 0.602. The van der Waals surface area contributed by atoms with Crippen molar-refractivity contribution in [2.45, 2.75) is 80.7 Å². The normalized spacial score (nSPS) is 8.76. The van der Waals surface area contributed by atoms with Crippen molar-refractivity contribution in [1.29, 1.82) is 0 Å². The first-order chi connectivity index (χ1) is 18.2. The zero-order valence-electron chi connectivity index (χ0n) is 23.9. The predicted molar refractivity (Wildman–Crippen MR) is 169 cm³/mol. The molecule has 0 atom stereocenters. The molecule has 8 heteroatoms. The maximum atomic E-state index is 14.5. The molecule has 0 aliphatic rings. The molecule has 2 aromatic carbocycles. The van der Waals surface area contributed by atoms with Crippen LogP contribution in [0.4, 0.5) is 15.9 Å². The fraction of sp³-hybridized carbons (Fsp3) is 0.379. The van der Waals surface area contributed by atoms with Crippen LogP contribution in [-0.4, -0.2) is 9.97 Å². The molecule has 0 bridgehead atoms. The maximum Gasteiger partial charge on any atom is 0.147 e. The van der Waals surface area contributed by atoms with Gasteiger partial charge in [0.2, 0.25) is 0 Å². The number of hydrogen-bond acceptors (Lipinski definition) is 6. The molecular formula is C29H44ClFN4S2. The van der Waals surface area contributed by atoms with Gasteiger partial charge in [0.25, 0.3) is 0 Å². The highest BCUT2D eigenvalue weighted by atomic mass is 35.5. The fourth-order valence-electron chi connectivity index (χ4n) is 2.63. The molecule has 206 valence electrons. The van der Waals surface area contributed by atoms with Crippen LogP contribution in [0.1, 0.15) is 74.8 Å². The van der Waals surface area contributed by atoms with Gasteiger partial charge in [0.05, 0.1) is 21.1 Å². The number of fused-ring (bicyclic) bond motifs is 1. The molecule has 2 heterocycles.